The van der Waals surface area contributed by atoms with Crippen molar-refractivity contribution in [1.29, 1.82) is 0 Å². The third-order valence-corrected chi connectivity index (χ3v) is 2.04. The van der Waals surface area contributed by atoms with E-state index in [9.17, 15) is 4.79 Å². The van der Waals surface area contributed by atoms with Gasteiger partial charge in [-0.1, -0.05) is 6.92 Å². The Kier molecular flexibility index (Phi) is 1.39. The van der Waals surface area contributed by atoms with Gasteiger partial charge in [0.1, 0.15) is 0 Å². The molecule has 2 nitrogen and oxygen atoms in total. The first-order valence-corrected chi connectivity index (χ1v) is 3.43. The van der Waals surface area contributed by atoms with Gasteiger partial charge in [-0.25, -0.2) is 0 Å². The zero-order valence-corrected chi connectivity index (χ0v) is 5.63. The Hall–Kier alpha value is -0.530. The zero-order valence-electron chi connectivity index (χ0n) is 7.63. The summed E-state index contributed by atoms with van der Waals surface area (Å²) in [4.78, 5) is 10.3. The van der Waals surface area contributed by atoms with Gasteiger partial charge in [0, 0.05) is 2.97 Å². The Morgan fingerprint density at radius 3 is 2.67 bits per heavy atom. The van der Waals surface area contributed by atoms with E-state index in [0.29, 0.717) is 5.92 Å². The normalized spacial score (nSPS) is 35.7. The van der Waals surface area contributed by atoms with Crippen LogP contribution < -0.4 is 0 Å². The standard InChI is InChI=1S/C7H12O2.H2/c1-5-2-3-6(4-5)7(8)9;/h5-6H,2-4H2,1H3,(H,8,9);1H/t5-,6+;/m0./s1/i;1+1D. The molecule has 2 heteroatoms. The van der Waals surface area contributed by atoms with Crippen LogP contribution in [-0.4, -0.2) is 11.1 Å². The van der Waals surface area contributed by atoms with Crippen LogP contribution in [0.15, 0.2) is 0 Å². The van der Waals surface area contributed by atoms with Crippen molar-refractivity contribution in [3.63, 3.8) is 0 Å². The Morgan fingerprint density at radius 2 is 2.44 bits per heavy atom. The smallest absolute Gasteiger partial charge is 0.306 e. The van der Waals surface area contributed by atoms with E-state index >= 15 is 0 Å². The first-order chi connectivity index (χ1) is 5.20. The largest absolute Gasteiger partial charge is 0.481 e. The molecule has 0 radical (unpaired) electrons. The number of aliphatic carboxylic acids is 1. The van der Waals surface area contributed by atoms with Gasteiger partial charge in [-0.2, -0.15) is 0 Å². The van der Waals surface area contributed by atoms with Gasteiger partial charge in [0.05, 0.1) is 5.92 Å². The van der Waals surface area contributed by atoms with Crippen LogP contribution in [0.5, 0.6) is 0 Å². The highest BCUT2D eigenvalue weighted by Crippen LogP contribution is 2.29. The number of carbonyl (C=O) groups is 1. The molecule has 0 amide bonds. The second-order valence-corrected chi connectivity index (χ2v) is 2.95. The fourth-order valence-corrected chi connectivity index (χ4v) is 1.43. The first-order valence-electron chi connectivity index (χ1n) is 4.43. The summed E-state index contributed by atoms with van der Waals surface area (Å²) in [6, 6.07) is 0. The maximum atomic E-state index is 10.3. The fourth-order valence-electron chi connectivity index (χ4n) is 1.43. The van der Waals surface area contributed by atoms with Gasteiger partial charge in [-0.05, 0) is 25.2 Å². The highest BCUT2D eigenvalue weighted by molar-refractivity contribution is 5.70. The van der Waals surface area contributed by atoms with Crippen molar-refractivity contribution >= 4 is 5.97 Å². The van der Waals surface area contributed by atoms with E-state index in [1.807, 2.05) is 0 Å². The molecule has 0 unspecified atom stereocenters. The second kappa shape index (κ2) is 2.38. The SMILES string of the molecule is C[C@H]1CC[C@@H](C(=O)O)C1.[2H][2H]. The number of rotatable bonds is 1. The van der Waals surface area contributed by atoms with E-state index in [-0.39, 0.29) is 5.92 Å². The summed E-state index contributed by atoms with van der Waals surface area (Å²) in [5, 5.41) is 8.53. The minimum absolute atomic E-state index is 0.0417. The van der Waals surface area contributed by atoms with Crippen molar-refractivity contribution in [2.75, 3.05) is 0 Å². The van der Waals surface area contributed by atoms with Gasteiger partial charge < -0.3 is 5.11 Å². The summed E-state index contributed by atoms with van der Waals surface area (Å²) in [6.45, 7) is 2.11. The molecule has 1 aliphatic rings. The Labute approximate surface area is 58.0 Å². The third-order valence-electron chi connectivity index (χ3n) is 2.04. The molecule has 1 rings (SSSR count). The average Bonchev–Trinajstić information content (AvgIpc) is 2.40. The number of hydrogen-bond donors (Lipinski definition) is 1. The lowest BCUT2D eigenvalue weighted by Gasteiger charge is -1.99. The lowest BCUT2D eigenvalue weighted by molar-refractivity contribution is -0.141. The van der Waals surface area contributed by atoms with Crippen molar-refractivity contribution < 1.29 is 12.9 Å². The summed E-state index contributed by atoms with van der Waals surface area (Å²) >= 11 is 0. The molecule has 0 heterocycles. The summed E-state index contributed by atoms with van der Waals surface area (Å²) in [7, 11) is 0. The average molecular weight is 132 g/mol. The quantitative estimate of drug-likeness (QED) is 0.590. The van der Waals surface area contributed by atoms with E-state index in [0.717, 1.165) is 19.3 Å². The van der Waals surface area contributed by atoms with E-state index in [4.69, 9.17) is 8.08 Å². The van der Waals surface area contributed by atoms with Gasteiger partial charge in [-0.15, -0.1) is 0 Å². The Bertz CT molecular complexity index is 128. The predicted molar refractivity (Wildman–Crippen MR) is 36.3 cm³/mol. The van der Waals surface area contributed by atoms with E-state index in [1.165, 1.54) is 0 Å². The highest BCUT2D eigenvalue weighted by Gasteiger charge is 2.26. The third kappa shape index (κ3) is 1.44. The van der Waals surface area contributed by atoms with E-state index < -0.39 is 5.97 Å². The van der Waals surface area contributed by atoms with Crippen molar-refractivity contribution in [3.8, 4) is 0 Å². The zero-order chi connectivity index (χ0) is 8.85. The van der Waals surface area contributed by atoms with Crippen LogP contribution in [0, 0.1) is 11.8 Å². The maximum absolute atomic E-state index is 10.3. The number of hydrogen-bond acceptors (Lipinski definition) is 1. The molecule has 0 aliphatic heterocycles. The second-order valence-electron chi connectivity index (χ2n) is 2.95. The minimum Gasteiger partial charge on any atom is -0.481 e. The van der Waals surface area contributed by atoms with Crippen molar-refractivity contribution in [2.24, 2.45) is 11.8 Å². The van der Waals surface area contributed by atoms with Crippen molar-refractivity contribution in [3.05, 3.63) is 0 Å². The van der Waals surface area contributed by atoms with Crippen molar-refractivity contribution in [2.45, 2.75) is 26.2 Å². The molecular weight excluding hydrogens is 116 g/mol. The molecule has 1 fully saturated rings. The van der Waals surface area contributed by atoms with E-state index in [2.05, 4.69) is 6.92 Å². The van der Waals surface area contributed by atoms with Gasteiger partial charge in [0.25, 0.3) is 0 Å². The van der Waals surface area contributed by atoms with Crippen LogP contribution in [0.3, 0.4) is 0 Å². The summed E-state index contributed by atoms with van der Waals surface area (Å²) in [5.74, 6) is -0.0227. The topological polar surface area (TPSA) is 37.3 Å². The minimum atomic E-state index is -0.612. The number of carboxylic acids is 1. The van der Waals surface area contributed by atoms with Crippen LogP contribution in [0.2, 0.25) is 0 Å². The highest BCUT2D eigenvalue weighted by atomic mass is 16.4. The van der Waals surface area contributed by atoms with Crippen LogP contribution in [-0.2, 0) is 4.79 Å². The van der Waals surface area contributed by atoms with Crippen LogP contribution >= 0.6 is 0 Å². The Morgan fingerprint density at radius 1 is 1.78 bits per heavy atom. The Balaban J connectivity index is 0.000000461. The van der Waals surface area contributed by atoms with Gasteiger partial charge in [0.2, 0.25) is 0 Å². The molecule has 0 aromatic carbocycles. The molecule has 2 atom stereocenters. The molecule has 1 N–H and O–H groups in total. The molecule has 0 aromatic rings. The van der Waals surface area contributed by atoms with Gasteiger partial charge in [0.15, 0.2) is 0 Å². The van der Waals surface area contributed by atoms with Crippen LogP contribution in [0.1, 0.15) is 29.2 Å². The predicted octanol–water partition coefficient (Wildman–Crippen LogP) is 1.75. The van der Waals surface area contributed by atoms with Crippen molar-refractivity contribution in [1.82, 2.24) is 0 Å². The van der Waals surface area contributed by atoms with E-state index in [1.54, 1.807) is 0 Å². The molecule has 54 valence electrons. The van der Waals surface area contributed by atoms with Gasteiger partial charge >= 0.3 is 5.97 Å². The summed E-state index contributed by atoms with van der Waals surface area (Å²) < 4.78 is 10.0. The van der Waals surface area contributed by atoms with Crippen LogP contribution in [0.4, 0.5) is 0 Å². The number of carboxylic acid groups (broad SMARTS) is 1. The lowest BCUT2D eigenvalue weighted by Crippen LogP contribution is -2.08. The first kappa shape index (κ1) is 5.27. The van der Waals surface area contributed by atoms with Crippen LogP contribution in [0.25, 0.3) is 0 Å². The molecule has 0 aromatic heterocycles. The molecular formula is C7H14O2. The lowest BCUT2D eigenvalue weighted by atomic mass is 10.1. The summed E-state index contributed by atoms with van der Waals surface area (Å²) in [6.07, 6.45) is 2.86. The van der Waals surface area contributed by atoms with Gasteiger partial charge in [-0.3, -0.25) is 4.79 Å². The fraction of sp³-hybridized carbons (Fsp3) is 0.857. The molecule has 1 saturated carbocycles. The monoisotopic (exact) mass is 132 g/mol. The molecule has 0 spiro atoms. The summed E-state index contributed by atoms with van der Waals surface area (Å²) in [5.41, 5.74) is 0. The molecule has 1 aliphatic carbocycles. The molecule has 0 saturated heterocycles. The maximum Gasteiger partial charge on any atom is 0.306 e. The molecule has 0 bridgehead atoms. The molecule has 9 heavy (non-hydrogen) atoms.